The molecular weight excluding hydrogens is 194 g/mol. The van der Waals surface area contributed by atoms with Crippen molar-refractivity contribution in [2.45, 2.75) is 26.8 Å². The van der Waals surface area contributed by atoms with Gasteiger partial charge in [0, 0.05) is 13.5 Å². The Morgan fingerprint density at radius 3 is 2.73 bits per heavy atom. The summed E-state index contributed by atoms with van der Waals surface area (Å²) in [5.41, 5.74) is 0. The fourth-order valence-corrected chi connectivity index (χ4v) is 1.39. The summed E-state index contributed by atoms with van der Waals surface area (Å²) in [4.78, 5) is 24.3. The molecule has 84 valence electrons. The van der Waals surface area contributed by atoms with Crippen LogP contribution in [0, 0.1) is 5.92 Å². The van der Waals surface area contributed by atoms with Crippen LogP contribution in [0.4, 0.5) is 0 Å². The van der Waals surface area contributed by atoms with E-state index in [1.807, 2.05) is 19.9 Å². The number of rotatable bonds is 3. The molecule has 0 N–H and O–H groups in total. The number of esters is 1. The van der Waals surface area contributed by atoms with Crippen molar-refractivity contribution < 1.29 is 14.3 Å². The highest BCUT2D eigenvalue weighted by Gasteiger charge is 2.29. The topological polar surface area (TPSA) is 46.6 Å². The maximum atomic E-state index is 11.6. The largest absolute Gasteiger partial charge is 0.464 e. The van der Waals surface area contributed by atoms with E-state index in [4.69, 9.17) is 4.74 Å². The predicted octanol–water partition coefficient (Wildman–Crippen LogP) is 0.972. The highest BCUT2D eigenvalue weighted by molar-refractivity contribution is 5.86. The number of nitrogens with zero attached hydrogens (tertiary/aromatic N) is 1. The minimum absolute atomic E-state index is 0.105. The van der Waals surface area contributed by atoms with Gasteiger partial charge in [-0.05, 0) is 5.92 Å². The molecule has 1 atom stereocenters. The van der Waals surface area contributed by atoms with Crippen molar-refractivity contribution in [1.82, 2.24) is 4.90 Å². The molecule has 0 radical (unpaired) electrons. The van der Waals surface area contributed by atoms with Crippen LogP contribution < -0.4 is 0 Å². The molecule has 4 heteroatoms. The van der Waals surface area contributed by atoms with Crippen LogP contribution in [0.5, 0.6) is 0 Å². The SMILES string of the molecule is CC(=O)N1CC=C[C@@H]1C(=O)OCC(C)C. The minimum Gasteiger partial charge on any atom is -0.464 e. The van der Waals surface area contributed by atoms with Crippen molar-refractivity contribution >= 4 is 11.9 Å². The first-order valence-corrected chi connectivity index (χ1v) is 5.13. The van der Waals surface area contributed by atoms with Crippen LogP contribution in [-0.4, -0.2) is 36.0 Å². The van der Waals surface area contributed by atoms with E-state index in [-0.39, 0.29) is 11.9 Å². The maximum Gasteiger partial charge on any atom is 0.332 e. The second-order valence-corrected chi connectivity index (χ2v) is 4.07. The molecule has 0 aromatic rings. The van der Waals surface area contributed by atoms with Gasteiger partial charge < -0.3 is 9.64 Å². The maximum absolute atomic E-state index is 11.6. The molecule has 0 aromatic carbocycles. The monoisotopic (exact) mass is 211 g/mol. The molecule has 0 fully saturated rings. The van der Waals surface area contributed by atoms with Crippen molar-refractivity contribution in [2.75, 3.05) is 13.2 Å². The smallest absolute Gasteiger partial charge is 0.332 e. The van der Waals surface area contributed by atoms with Crippen molar-refractivity contribution in [3.63, 3.8) is 0 Å². The summed E-state index contributed by atoms with van der Waals surface area (Å²) in [7, 11) is 0. The number of hydrogen-bond acceptors (Lipinski definition) is 3. The fraction of sp³-hybridized carbons (Fsp3) is 0.636. The van der Waals surface area contributed by atoms with Gasteiger partial charge in [0.1, 0.15) is 6.04 Å². The van der Waals surface area contributed by atoms with Crippen molar-refractivity contribution in [3.8, 4) is 0 Å². The summed E-state index contributed by atoms with van der Waals surface area (Å²) in [6, 6.07) is -0.527. The molecule has 1 rings (SSSR count). The van der Waals surface area contributed by atoms with Crippen LogP contribution in [-0.2, 0) is 14.3 Å². The lowest BCUT2D eigenvalue weighted by molar-refractivity contribution is -0.152. The molecular formula is C11H17NO3. The summed E-state index contributed by atoms with van der Waals surface area (Å²) >= 11 is 0. The zero-order valence-corrected chi connectivity index (χ0v) is 9.40. The minimum atomic E-state index is -0.527. The summed E-state index contributed by atoms with van der Waals surface area (Å²) in [5.74, 6) is -0.135. The molecule has 0 aliphatic carbocycles. The lowest BCUT2D eigenvalue weighted by Gasteiger charge is -2.21. The second kappa shape index (κ2) is 4.96. The van der Waals surface area contributed by atoms with E-state index in [0.29, 0.717) is 19.1 Å². The van der Waals surface area contributed by atoms with Gasteiger partial charge in [-0.2, -0.15) is 0 Å². The summed E-state index contributed by atoms with van der Waals surface area (Å²) < 4.78 is 5.08. The Labute approximate surface area is 89.9 Å². The summed E-state index contributed by atoms with van der Waals surface area (Å²) in [5, 5.41) is 0. The van der Waals surface area contributed by atoms with Crippen LogP contribution >= 0.6 is 0 Å². The summed E-state index contributed by atoms with van der Waals surface area (Å²) in [6.45, 7) is 6.29. The lowest BCUT2D eigenvalue weighted by Crippen LogP contribution is -2.40. The number of hydrogen-bond donors (Lipinski definition) is 0. The van der Waals surface area contributed by atoms with Gasteiger partial charge in [0.2, 0.25) is 5.91 Å². The van der Waals surface area contributed by atoms with Gasteiger partial charge in [0.05, 0.1) is 6.61 Å². The number of carbonyl (C=O) groups excluding carboxylic acids is 2. The van der Waals surface area contributed by atoms with Crippen LogP contribution in [0.2, 0.25) is 0 Å². The normalized spacial score (nSPS) is 19.7. The van der Waals surface area contributed by atoms with Gasteiger partial charge in [-0.25, -0.2) is 4.79 Å². The van der Waals surface area contributed by atoms with E-state index in [0.717, 1.165) is 0 Å². The lowest BCUT2D eigenvalue weighted by atomic mass is 10.2. The third kappa shape index (κ3) is 3.08. The highest BCUT2D eigenvalue weighted by Crippen LogP contribution is 2.12. The van der Waals surface area contributed by atoms with Crippen molar-refractivity contribution in [2.24, 2.45) is 5.92 Å². The quantitative estimate of drug-likeness (QED) is 0.516. The molecule has 1 heterocycles. The van der Waals surface area contributed by atoms with Gasteiger partial charge in [0.25, 0.3) is 0 Å². The molecule has 15 heavy (non-hydrogen) atoms. The van der Waals surface area contributed by atoms with E-state index < -0.39 is 6.04 Å². The van der Waals surface area contributed by atoms with Gasteiger partial charge in [-0.3, -0.25) is 4.79 Å². The first kappa shape index (κ1) is 11.8. The molecule has 0 saturated carbocycles. The number of carbonyl (C=O) groups is 2. The third-order valence-corrected chi connectivity index (χ3v) is 2.16. The van der Waals surface area contributed by atoms with Gasteiger partial charge >= 0.3 is 5.97 Å². The fourth-order valence-electron chi connectivity index (χ4n) is 1.39. The zero-order valence-electron chi connectivity index (χ0n) is 9.40. The Hall–Kier alpha value is -1.32. The third-order valence-electron chi connectivity index (χ3n) is 2.16. The Morgan fingerprint density at radius 1 is 1.53 bits per heavy atom. The zero-order chi connectivity index (χ0) is 11.4. The molecule has 0 saturated heterocycles. The molecule has 1 amide bonds. The van der Waals surface area contributed by atoms with E-state index in [2.05, 4.69) is 0 Å². The van der Waals surface area contributed by atoms with Crippen molar-refractivity contribution in [3.05, 3.63) is 12.2 Å². The number of ether oxygens (including phenoxy) is 1. The molecule has 4 nitrogen and oxygen atoms in total. The van der Waals surface area contributed by atoms with E-state index in [1.54, 1.807) is 6.08 Å². The van der Waals surface area contributed by atoms with Crippen LogP contribution in [0.3, 0.4) is 0 Å². The molecule has 0 aromatic heterocycles. The summed E-state index contributed by atoms with van der Waals surface area (Å²) in [6.07, 6.45) is 3.52. The van der Waals surface area contributed by atoms with Gasteiger partial charge in [-0.15, -0.1) is 0 Å². The average molecular weight is 211 g/mol. The van der Waals surface area contributed by atoms with E-state index in [1.165, 1.54) is 11.8 Å². The molecule has 0 unspecified atom stereocenters. The first-order chi connectivity index (χ1) is 7.02. The van der Waals surface area contributed by atoms with E-state index in [9.17, 15) is 9.59 Å². The van der Waals surface area contributed by atoms with Gasteiger partial charge in [0.15, 0.2) is 0 Å². The first-order valence-electron chi connectivity index (χ1n) is 5.13. The van der Waals surface area contributed by atoms with Crippen LogP contribution in [0.1, 0.15) is 20.8 Å². The molecule has 0 bridgehead atoms. The van der Waals surface area contributed by atoms with Crippen LogP contribution in [0.15, 0.2) is 12.2 Å². The van der Waals surface area contributed by atoms with Crippen molar-refractivity contribution in [1.29, 1.82) is 0 Å². The molecule has 1 aliphatic heterocycles. The van der Waals surface area contributed by atoms with Crippen LogP contribution in [0.25, 0.3) is 0 Å². The molecule has 0 spiro atoms. The van der Waals surface area contributed by atoms with Gasteiger partial charge in [-0.1, -0.05) is 26.0 Å². The Morgan fingerprint density at radius 2 is 2.20 bits per heavy atom. The molecule has 1 aliphatic rings. The Balaban J connectivity index is 2.51. The Kier molecular flexibility index (Phi) is 3.88. The standard InChI is InChI=1S/C11H17NO3/c1-8(2)7-15-11(14)10-5-4-6-12(10)9(3)13/h4-5,8,10H,6-7H2,1-3H3/t10-/m1/s1. The highest BCUT2D eigenvalue weighted by atomic mass is 16.5. The predicted molar refractivity (Wildman–Crippen MR) is 56.1 cm³/mol. The number of amides is 1. The van der Waals surface area contributed by atoms with E-state index >= 15 is 0 Å². The second-order valence-electron chi connectivity index (χ2n) is 4.07. The Bertz CT molecular complexity index is 284. The average Bonchev–Trinajstić information content (AvgIpc) is 2.62.